The molecule has 18 heavy (non-hydrogen) atoms. The molecule has 2 fully saturated rings. The molecule has 3 heteroatoms. The summed E-state index contributed by atoms with van der Waals surface area (Å²) >= 11 is 3.48. The maximum Gasteiger partial charge on any atom is 0.0462 e. The Morgan fingerprint density at radius 1 is 1.22 bits per heavy atom. The van der Waals surface area contributed by atoms with Crippen molar-refractivity contribution in [3.63, 3.8) is 0 Å². The van der Waals surface area contributed by atoms with Gasteiger partial charge >= 0.3 is 0 Å². The highest BCUT2D eigenvalue weighted by molar-refractivity contribution is 9.10. The number of hydrogen-bond donors (Lipinski definition) is 2. The zero-order chi connectivity index (χ0) is 12.5. The minimum Gasteiger partial charge on any atom is -0.271 e. The summed E-state index contributed by atoms with van der Waals surface area (Å²) in [5.41, 5.74) is 4.32. The molecular weight excluding hydrogens is 288 g/mol. The average molecular weight is 309 g/mol. The lowest BCUT2D eigenvalue weighted by molar-refractivity contribution is 0.280. The van der Waals surface area contributed by atoms with Crippen LogP contribution in [0.4, 0.5) is 0 Å². The lowest BCUT2D eigenvalue weighted by atomic mass is 9.83. The second-order valence-electron chi connectivity index (χ2n) is 5.94. The predicted octanol–water partition coefficient (Wildman–Crippen LogP) is 3.78. The van der Waals surface area contributed by atoms with Crippen molar-refractivity contribution in [2.75, 3.05) is 0 Å². The largest absolute Gasteiger partial charge is 0.271 e. The van der Waals surface area contributed by atoms with E-state index < -0.39 is 0 Å². The van der Waals surface area contributed by atoms with E-state index in [0.717, 1.165) is 22.2 Å². The molecule has 1 aromatic carbocycles. The maximum absolute atomic E-state index is 5.76. The Kier molecular flexibility index (Phi) is 3.73. The van der Waals surface area contributed by atoms with Crippen molar-refractivity contribution in [3.8, 4) is 0 Å². The summed E-state index contributed by atoms with van der Waals surface area (Å²) in [5, 5.41) is 0. The van der Waals surface area contributed by atoms with Crippen LogP contribution in [0.25, 0.3) is 0 Å². The van der Waals surface area contributed by atoms with Crippen LogP contribution in [0.3, 0.4) is 0 Å². The van der Waals surface area contributed by atoms with Crippen LogP contribution in [0.2, 0.25) is 0 Å². The lowest BCUT2D eigenvalue weighted by Gasteiger charge is -2.26. The maximum atomic E-state index is 5.76. The van der Waals surface area contributed by atoms with Gasteiger partial charge in [0.25, 0.3) is 0 Å². The molecule has 2 aliphatic carbocycles. The third-order valence-electron chi connectivity index (χ3n) is 4.90. The van der Waals surface area contributed by atoms with Crippen LogP contribution in [-0.2, 0) is 0 Å². The quantitative estimate of drug-likeness (QED) is 0.656. The van der Waals surface area contributed by atoms with E-state index in [1.807, 2.05) is 0 Å². The van der Waals surface area contributed by atoms with Crippen LogP contribution in [-0.4, -0.2) is 0 Å². The molecule has 2 nitrogen and oxygen atoms in total. The van der Waals surface area contributed by atoms with Gasteiger partial charge in [0.1, 0.15) is 0 Å². The van der Waals surface area contributed by atoms with Crippen molar-refractivity contribution in [2.24, 2.45) is 23.6 Å². The minimum absolute atomic E-state index is 0.308. The van der Waals surface area contributed by atoms with E-state index >= 15 is 0 Å². The van der Waals surface area contributed by atoms with Crippen molar-refractivity contribution in [1.82, 2.24) is 5.43 Å². The summed E-state index contributed by atoms with van der Waals surface area (Å²) in [5.74, 6) is 8.63. The molecule has 2 aliphatic rings. The summed E-state index contributed by atoms with van der Waals surface area (Å²) in [6.45, 7) is 0. The van der Waals surface area contributed by atoms with Gasteiger partial charge in [0.05, 0.1) is 0 Å². The Morgan fingerprint density at radius 2 is 2.00 bits per heavy atom. The number of hydrazine groups is 1. The van der Waals surface area contributed by atoms with E-state index in [1.165, 1.54) is 37.7 Å². The molecule has 0 spiro atoms. The third-order valence-corrected chi connectivity index (χ3v) is 5.43. The molecule has 2 saturated carbocycles. The van der Waals surface area contributed by atoms with Gasteiger partial charge in [-0.25, -0.2) is 0 Å². The van der Waals surface area contributed by atoms with Gasteiger partial charge in [-0.2, -0.15) is 0 Å². The van der Waals surface area contributed by atoms with Crippen LogP contribution < -0.4 is 11.3 Å². The molecule has 0 aromatic heterocycles. The molecule has 0 amide bonds. The molecule has 1 aromatic rings. The van der Waals surface area contributed by atoms with Gasteiger partial charge in [-0.15, -0.1) is 0 Å². The Balaban J connectivity index is 1.67. The number of hydrogen-bond acceptors (Lipinski definition) is 2. The SMILES string of the molecule is NNC(CC1CC2CCC1C2)c1ccc(Br)cc1. The molecule has 0 aliphatic heterocycles. The smallest absolute Gasteiger partial charge is 0.0462 e. The number of nitrogens with two attached hydrogens (primary N) is 1. The van der Waals surface area contributed by atoms with Crippen molar-refractivity contribution in [3.05, 3.63) is 34.3 Å². The first-order valence-electron chi connectivity index (χ1n) is 6.98. The van der Waals surface area contributed by atoms with Crippen molar-refractivity contribution < 1.29 is 0 Å². The summed E-state index contributed by atoms with van der Waals surface area (Å²) in [6.07, 6.45) is 7.02. The third kappa shape index (κ3) is 2.49. The highest BCUT2D eigenvalue weighted by Crippen LogP contribution is 2.50. The molecule has 0 heterocycles. The zero-order valence-electron chi connectivity index (χ0n) is 10.6. The van der Waals surface area contributed by atoms with Gasteiger partial charge in [-0.05, 0) is 61.1 Å². The second kappa shape index (κ2) is 5.32. The Morgan fingerprint density at radius 3 is 2.56 bits per heavy atom. The lowest BCUT2D eigenvalue weighted by Crippen LogP contribution is -2.30. The summed E-state index contributed by atoms with van der Waals surface area (Å²) in [4.78, 5) is 0. The van der Waals surface area contributed by atoms with Crippen molar-refractivity contribution in [2.45, 2.75) is 38.1 Å². The van der Waals surface area contributed by atoms with E-state index in [0.29, 0.717) is 6.04 Å². The van der Waals surface area contributed by atoms with Crippen LogP contribution in [0.1, 0.15) is 43.7 Å². The van der Waals surface area contributed by atoms with Gasteiger partial charge in [0.15, 0.2) is 0 Å². The first-order chi connectivity index (χ1) is 8.76. The first-order valence-corrected chi connectivity index (χ1v) is 7.77. The molecule has 3 N–H and O–H groups in total. The fourth-order valence-corrected chi connectivity index (χ4v) is 4.23. The van der Waals surface area contributed by atoms with E-state index in [1.54, 1.807) is 0 Å². The van der Waals surface area contributed by atoms with Crippen molar-refractivity contribution >= 4 is 15.9 Å². The molecule has 4 atom stereocenters. The predicted molar refractivity (Wildman–Crippen MR) is 77.8 cm³/mol. The van der Waals surface area contributed by atoms with Crippen LogP contribution in [0, 0.1) is 17.8 Å². The Labute approximate surface area is 117 Å². The van der Waals surface area contributed by atoms with Crippen LogP contribution in [0.15, 0.2) is 28.7 Å². The molecule has 2 bridgehead atoms. The topological polar surface area (TPSA) is 38.0 Å². The van der Waals surface area contributed by atoms with Gasteiger partial charge < -0.3 is 0 Å². The highest BCUT2D eigenvalue weighted by Gasteiger charge is 2.40. The van der Waals surface area contributed by atoms with E-state index in [2.05, 4.69) is 45.6 Å². The number of rotatable bonds is 4. The zero-order valence-corrected chi connectivity index (χ0v) is 12.2. The van der Waals surface area contributed by atoms with Gasteiger partial charge in [0.2, 0.25) is 0 Å². The second-order valence-corrected chi connectivity index (χ2v) is 6.86. The number of fused-ring (bicyclic) bond motifs is 2. The van der Waals surface area contributed by atoms with Crippen molar-refractivity contribution in [1.29, 1.82) is 0 Å². The summed E-state index contributed by atoms with van der Waals surface area (Å²) in [6, 6.07) is 8.84. The minimum atomic E-state index is 0.308. The number of halogens is 1. The first kappa shape index (κ1) is 12.6. The normalized spacial score (nSPS) is 31.8. The van der Waals surface area contributed by atoms with E-state index in [4.69, 9.17) is 5.84 Å². The number of benzene rings is 1. The monoisotopic (exact) mass is 308 g/mol. The molecule has 4 unspecified atom stereocenters. The van der Waals surface area contributed by atoms with Crippen LogP contribution in [0.5, 0.6) is 0 Å². The Hall–Kier alpha value is -0.380. The molecule has 3 rings (SSSR count). The number of nitrogens with one attached hydrogen (secondary N) is 1. The fourth-order valence-electron chi connectivity index (χ4n) is 3.96. The van der Waals surface area contributed by atoms with Gasteiger partial charge in [-0.1, -0.05) is 34.5 Å². The molecule has 0 radical (unpaired) electrons. The average Bonchev–Trinajstić information content (AvgIpc) is 2.99. The highest BCUT2D eigenvalue weighted by atomic mass is 79.9. The Bertz CT molecular complexity index is 403. The summed E-state index contributed by atoms with van der Waals surface area (Å²) in [7, 11) is 0. The van der Waals surface area contributed by atoms with Crippen LogP contribution >= 0.6 is 15.9 Å². The standard InChI is InChI=1S/C15H21BrN2/c16-14-5-3-11(4-6-14)15(18-17)9-13-8-10-1-2-12(13)7-10/h3-6,10,12-13,15,18H,1-2,7-9,17H2. The molecular formula is C15H21BrN2. The molecule has 0 saturated heterocycles. The van der Waals surface area contributed by atoms with Gasteiger partial charge in [-0.3, -0.25) is 11.3 Å². The van der Waals surface area contributed by atoms with E-state index in [-0.39, 0.29) is 0 Å². The summed E-state index contributed by atoms with van der Waals surface area (Å²) < 4.78 is 1.13. The van der Waals surface area contributed by atoms with Gasteiger partial charge in [0, 0.05) is 10.5 Å². The molecule has 98 valence electrons. The fraction of sp³-hybridized carbons (Fsp3) is 0.600. The van der Waals surface area contributed by atoms with E-state index in [9.17, 15) is 0 Å².